The van der Waals surface area contributed by atoms with E-state index in [0.717, 1.165) is 96.9 Å². The number of carbonyl (C=O) groups excluding carboxylic acids is 2. The lowest BCUT2D eigenvalue weighted by Gasteiger charge is -2.36. The number of aromatic nitrogens is 4. The predicted molar refractivity (Wildman–Crippen MR) is 244 cm³/mol. The number of piperidine rings is 1. The number of aromatic amines is 2. The van der Waals surface area contributed by atoms with Crippen molar-refractivity contribution in [3.8, 4) is 0 Å². The van der Waals surface area contributed by atoms with Crippen LogP contribution in [0.25, 0.3) is 22.1 Å². The second-order valence-electron chi connectivity index (χ2n) is 18.4. The number of nitrogens with one attached hydrogen (secondary N) is 4. The van der Waals surface area contributed by atoms with Gasteiger partial charge in [0.15, 0.2) is 11.6 Å². The van der Waals surface area contributed by atoms with E-state index in [9.17, 15) is 9.59 Å². The highest BCUT2D eigenvalue weighted by atomic mass is 19.1. The Bertz CT molecular complexity index is 2630. The van der Waals surface area contributed by atoms with Gasteiger partial charge >= 0.3 is 6.09 Å². The number of hydrogen-bond acceptors (Lipinski definition) is 8. The van der Waals surface area contributed by atoms with Crippen molar-refractivity contribution in [3.63, 3.8) is 0 Å². The predicted octanol–water partition coefficient (Wildman–Crippen LogP) is 9.65. The van der Waals surface area contributed by atoms with Gasteiger partial charge in [-0.2, -0.15) is 0 Å². The maximum Gasteiger partial charge on any atom is 0.407 e. The van der Waals surface area contributed by atoms with Gasteiger partial charge in [-0.15, -0.1) is 0 Å². The average molecular weight is 870 g/mol. The van der Waals surface area contributed by atoms with Gasteiger partial charge in [0.2, 0.25) is 5.91 Å². The standard InChI is InChI=1S/C50H57F2N9O3/c1-29(2)45(58-50(63)64-3)49(62)60-22-8-12-44(60)48-55-38-16-14-33(26-41(38)57-48)43-18-17-42(32-13-15-37-40(25-32)56-47(54-37)39-11-7-21-53-39)61(43)34-27-35(51)46(36(52)28-34)59-23-19-31(20-24-59)30-9-5-4-6-10-30/h4-6,9-10,13-16,25-29,31,39,42-45,53H,7-8,11-12,17-24H2,1-3H3,(H,54,56)(H,55,57)(H,58,63)/t39?,42-,43-,44+,45+/m1/s1. The number of ether oxygens (including phenoxy) is 1. The fraction of sp³-hybridized carbons (Fsp3) is 0.440. The van der Waals surface area contributed by atoms with E-state index in [1.54, 1.807) is 0 Å². The molecule has 4 fully saturated rings. The largest absolute Gasteiger partial charge is 0.453 e. The highest BCUT2D eigenvalue weighted by Crippen LogP contribution is 2.49. The number of alkyl carbamates (subject to hydrolysis) is 1. The molecule has 4 aliphatic rings. The normalized spacial score (nSPS) is 22.3. The molecule has 64 heavy (non-hydrogen) atoms. The van der Waals surface area contributed by atoms with Gasteiger partial charge in [0, 0.05) is 25.3 Å². The zero-order valence-electron chi connectivity index (χ0n) is 36.7. The van der Waals surface area contributed by atoms with Crippen LogP contribution in [0.3, 0.4) is 0 Å². The van der Waals surface area contributed by atoms with Gasteiger partial charge in [-0.3, -0.25) is 4.79 Å². The zero-order chi connectivity index (χ0) is 44.1. The van der Waals surface area contributed by atoms with Crippen molar-refractivity contribution in [2.75, 3.05) is 43.1 Å². The van der Waals surface area contributed by atoms with E-state index >= 15 is 8.78 Å². The van der Waals surface area contributed by atoms with Crippen molar-refractivity contribution in [1.29, 1.82) is 0 Å². The summed E-state index contributed by atoms with van der Waals surface area (Å²) in [5.41, 5.74) is 7.29. The summed E-state index contributed by atoms with van der Waals surface area (Å²) in [4.78, 5) is 49.0. The smallest absolute Gasteiger partial charge is 0.407 e. The van der Waals surface area contributed by atoms with E-state index in [2.05, 4.69) is 68.0 Å². The first-order valence-corrected chi connectivity index (χ1v) is 23.1. The minimum Gasteiger partial charge on any atom is -0.453 e. The minimum atomic E-state index is -0.735. The molecule has 14 heteroatoms. The number of amides is 2. The Labute approximate surface area is 372 Å². The number of fused-ring (bicyclic) bond motifs is 2. The molecular formula is C50H57F2N9O3. The Morgan fingerprint density at radius 1 is 0.734 bits per heavy atom. The summed E-state index contributed by atoms with van der Waals surface area (Å²) < 4.78 is 38.0. The zero-order valence-corrected chi connectivity index (χ0v) is 36.7. The van der Waals surface area contributed by atoms with Gasteiger partial charge in [-0.05, 0) is 123 Å². The molecule has 10 rings (SSSR count). The number of nitrogens with zero attached hydrogens (tertiary/aromatic N) is 5. The highest BCUT2D eigenvalue weighted by Gasteiger charge is 2.40. The van der Waals surface area contributed by atoms with Crippen LogP contribution in [-0.2, 0) is 9.53 Å². The average Bonchev–Trinajstić information content (AvgIpc) is 4.17. The Morgan fingerprint density at radius 3 is 1.98 bits per heavy atom. The summed E-state index contributed by atoms with van der Waals surface area (Å²) in [5, 5.41) is 6.26. The SMILES string of the molecule is COC(=O)N[C@H](C(=O)N1CCC[C@H]1c1nc2ccc([C@H]3CC[C@H](c4ccc5nc(C6CCCN6)[nH]c5c4)N3c3cc(F)c(N4CCC(c5ccccc5)CC4)c(F)c3)cc2[nH]1)C(C)C. The van der Waals surface area contributed by atoms with Crippen LogP contribution in [-0.4, -0.2) is 76.2 Å². The second kappa shape index (κ2) is 17.5. The molecule has 1 unspecified atom stereocenters. The Morgan fingerprint density at radius 2 is 1.38 bits per heavy atom. The van der Waals surface area contributed by atoms with Gasteiger partial charge in [-0.25, -0.2) is 23.5 Å². The van der Waals surface area contributed by atoms with Crippen LogP contribution in [0.5, 0.6) is 0 Å². The Balaban J connectivity index is 0.967. The molecule has 4 saturated heterocycles. The topological polar surface area (TPSA) is 135 Å². The minimum absolute atomic E-state index is 0.0427. The molecule has 4 aliphatic heterocycles. The number of methoxy groups -OCH3 is 1. The first-order valence-electron chi connectivity index (χ1n) is 23.1. The van der Waals surface area contributed by atoms with E-state index in [0.29, 0.717) is 37.1 Å². The molecule has 5 atom stereocenters. The fourth-order valence-corrected chi connectivity index (χ4v) is 10.9. The molecule has 4 aromatic carbocycles. The van der Waals surface area contributed by atoms with Crippen LogP contribution in [0.2, 0.25) is 0 Å². The lowest BCUT2D eigenvalue weighted by atomic mass is 9.89. The summed E-state index contributed by atoms with van der Waals surface area (Å²) in [5.74, 6) is 0.566. The van der Waals surface area contributed by atoms with E-state index in [1.165, 1.54) is 24.8 Å². The van der Waals surface area contributed by atoms with Crippen LogP contribution in [0.15, 0.2) is 78.9 Å². The molecule has 0 bridgehead atoms. The number of carbonyl (C=O) groups is 2. The number of halogens is 2. The Hall–Kier alpha value is -6.02. The number of benzene rings is 4. The number of hydrogen-bond donors (Lipinski definition) is 4. The molecule has 2 aromatic heterocycles. The molecule has 12 nitrogen and oxygen atoms in total. The van der Waals surface area contributed by atoms with Crippen LogP contribution < -0.4 is 20.4 Å². The molecule has 334 valence electrons. The van der Waals surface area contributed by atoms with Gasteiger partial charge in [0.25, 0.3) is 0 Å². The van der Waals surface area contributed by atoms with Crippen LogP contribution in [0.4, 0.5) is 25.0 Å². The summed E-state index contributed by atoms with van der Waals surface area (Å²) in [7, 11) is 1.29. The summed E-state index contributed by atoms with van der Waals surface area (Å²) >= 11 is 0. The number of anilines is 2. The third-order valence-corrected chi connectivity index (χ3v) is 14.2. The second-order valence-corrected chi connectivity index (χ2v) is 18.4. The quantitative estimate of drug-likeness (QED) is 0.107. The van der Waals surface area contributed by atoms with Crippen molar-refractivity contribution >= 4 is 45.4 Å². The molecule has 2 amide bonds. The maximum absolute atomic E-state index is 16.6. The monoisotopic (exact) mass is 869 g/mol. The number of likely N-dealkylation sites (tertiary alicyclic amines) is 1. The first-order chi connectivity index (χ1) is 31.1. The van der Waals surface area contributed by atoms with Gasteiger partial charge in [0.05, 0.1) is 53.3 Å². The molecule has 0 saturated carbocycles. The molecule has 0 spiro atoms. The van der Waals surface area contributed by atoms with Crippen LogP contribution >= 0.6 is 0 Å². The third-order valence-electron chi connectivity index (χ3n) is 14.2. The van der Waals surface area contributed by atoms with Crippen molar-refractivity contribution in [3.05, 3.63) is 119 Å². The fourth-order valence-electron chi connectivity index (χ4n) is 10.9. The van der Waals surface area contributed by atoms with Crippen LogP contribution in [0, 0.1) is 17.6 Å². The molecule has 6 heterocycles. The summed E-state index contributed by atoms with van der Waals surface area (Å²) in [6.45, 7) is 6.48. The van der Waals surface area contributed by atoms with Crippen molar-refractivity contribution < 1.29 is 23.1 Å². The van der Waals surface area contributed by atoms with Crippen molar-refractivity contribution in [1.82, 2.24) is 35.5 Å². The van der Waals surface area contributed by atoms with E-state index in [1.807, 2.05) is 47.9 Å². The van der Waals surface area contributed by atoms with E-state index < -0.39 is 23.8 Å². The number of H-pyrrole nitrogens is 2. The van der Waals surface area contributed by atoms with E-state index in [4.69, 9.17) is 14.7 Å². The van der Waals surface area contributed by atoms with Gasteiger partial charge in [0.1, 0.15) is 23.4 Å². The summed E-state index contributed by atoms with van der Waals surface area (Å²) in [6, 6.07) is 24.7. The van der Waals surface area contributed by atoms with Crippen LogP contribution in [0.1, 0.15) is 124 Å². The first kappa shape index (κ1) is 42.0. The lowest BCUT2D eigenvalue weighted by molar-refractivity contribution is -0.135. The van der Waals surface area contributed by atoms with Gasteiger partial charge in [-0.1, -0.05) is 56.3 Å². The molecule has 0 aliphatic carbocycles. The molecule has 6 aromatic rings. The molecular weight excluding hydrogens is 813 g/mol. The molecule has 4 N–H and O–H groups in total. The van der Waals surface area contributed by atoms with Crippen molar-refractivity contribution in [2.24, 2.45) is 5.92 Å². The lowest BCUT2D eigenvalue weighted by Crippen LogP contribution is -2.51. The maximum atomic E-state index is 16.6. The van der Waals surface area contributed by atoms with Crippen molar-refractivity contribution in [2.45, 2.75) is 101 Å². The third kappa shape index (κ3) is 7.94. The van der Waals surface area contributed by atoms with E-state index in [-0.39, 0.29) is 41.7 Å². The van der Waals surface area contributed by atoms with Gasteiger partial charge < -0.3 is 40.0 Å². The highest BCUT2D eigenvalue weighted by molar-refractivity contribution is 5.86. The Kier molecular flexibility index (Phi) is 11.5. The summed E-state index contributed by atoms with van der Waals surface area (Å²) in [6.07, 6.45) is 6.22. The molecule has 0 radical (unpaired) electrons. The number of rotatable bonds is 10. The number of imidazole rings is 2.